The van der Waals surface area contributed by atoms with Crippen molar-refractivity contribution >= 4 is 0 Å². The van der Waals surface area contributed by atoms with E-state index in [1.165, 1.54) is 12.1 Å². The Bertz CT molecular complexity index is 375. The zero-order valence-corrected chi connectivity index (χ0v) is 9.05. The predicted octanol–water partition coefficient (Wildman–Crippen LogP) is 1.82. The zero-order chi connectivity index (χ0) is 12.3. The molecule has 0 amide bonds. The van der Waals surface area contributed by atoms with E-state index in [-0.39, 0.29) is 11.8 Å². The van der Waals surface area contributed by atoms with Gasteiger partial charge in [0.05, 0.1) is 0 Å². The summed E-state index contributed by atoms with van der Waals surface area (Å²) in [5.74, 6) is -0.178. The van der Waals surface area contributed by atoms with Crippen LogP contribution in [0, 0.1) is 0 Å². The molecule has 0 saturated carbocycles. The average Bonchev–Trinajstić information content (AvgIpc) is 2.28. The lowest BCUT2D eigenvalue weighted by atomic mass is 10.1. The number of alkyl halides is 3. The second kappa shape index (κ2) is 4.93. The van der Waals surface area contributed by atoms with E-state index in [4.69, 9.17) is 0 Å². The van der Waals surface area contributed by atoms with Crippen LogP contribution < -0.4 is 15.4 Å². The lowest BCUT2D eigenvalue weighted by molar-refractivity contribution is -0.274. The van der Waals surface area contributed by atoms with Gasteiger partial charge in [0.15, 0.2) is 0 Å². The fourth-order valence-electron chi connectivity index (χ4n) is 1.82. The van der Waals surface area contributed by atoms with Crippen LogP contribution in [0.1, 0.15) is 11.6 Å². The third-order valence-electron chi connectivity index (χ3n) is 2.54. The molecule has 1 aliphatic rings. The molecular weight excluding hydrogens is 233 g/mol. The van der Waals surface area contributed by atoms with E-state index in [1.807, 2.05) is 0 Å². The van der Waals surface area contributed by atoms with Crippen LogP contribution in [0.25, 0.3) is 0 Å². The summed E-state index contributed by atoms with van der Waals surface area (Å²) in [5, 5.41) is 6.40. The van der Waals surface area contributed by atoms with E-state index < -0.39 is 6.36 Å². The molecule has 0 spiro atoms. The van der Waals surface area contributed by atoms with Gasteiger partial charge in [0.25, 0.3) is 0 Å². The van der Waals surface area contributed by atoms with Crippen LogP contribution >= 0.6 is 0 Å². The highest BCUT2D eigenvalue weighted by atomic mass is 19.4. The van der Waals surface area contributed by atoms with Crippen LogP contribution in [0.4, 0.5) is 13.2 Å². The van der Waals surface area contributed by atoms with E-state index in [0.29, 0.717) is 6.54 Å². The molecule has 1 aromatic rings. The Morgan fingerprint density at radius 3 is 2.71 bits per heavy atom. The first-order chi connectivity index (χ1) is 8.04. The fourth-order valence-corrected chi connectivity index (χ4v) is 1.82. The van der Waals surface area contributed by atoms with Gasteiger partial charge in [-0.15, -0.1) is 13.2 Å². The van der Waals surface area contributed by atoms with E-state index in [0.717, 1.165) is 18.7 Å². The Kier molecular flexibility index (Phi) is 3.54. The van der Waals surface area contributed by atoms with Crippen molar-refractivity contribution in [3.63, 3.8) is 0 Å². The molecule has 17 heavy (non-hydrogen) atoms. The molecule has 3 nitrogen and oxygen atoms in total. The molecule has 1 heterocycles. The van der Waals surface area contributed by atoms with Gasteiger partial charge in [0, 0.05) is 25.7 Å². The lowest BCUT2D eigenvalue weighted by Crippen LogP contribution is -2.42. The van der Waals surface area contributed by atoms with Gasteiger partial charge in [-0.3, -0.25) is 0 Å². The number of benzene rings is 1. The van der Waals surface area contributed by atoms with Gasteiger partial charge in [-0.05, 0) is 17.7 Å². The number of hydrogen-bond donors (Lipinski definition) is 2. The largest absolute Gasteiger partial charge is 0.573 e. The van der Waals surface area contributed by atoms with Crippen molar-refractivity contribution < 1.29 is 17.9 Å². The van der Waals surface area contributed by atoms with E-state index >= 15 is 0 Å². The summed E-state index contributed by atoms with van der Waals surface area (Å²) in [6, 6.07) is 6.09. The molecule has 2 N–H and O–H groups in total. The van der Waals surface area contributed by atoms with Crippen LogP contribution in [0.3, 0.4) is 0 Å². The summed E-state index contributed by atoms with van der Waals surface area (Å²) in [6.45, 7) is 2.37. The Hall–Kier alpha value is -1.27. The minimum Gasteiger partial charge on any atom is -0.406 e. The van der Waals surface area contributed by atoms with Gasteiger partial charge in [-0.1, -0.05) is 12.1 Å². The molecule has 1 aromatic carbocycles. The number of rotatable bonds is 2. The van der Waals surface area contributed by atoms with Gasteiger partial charge in [-0.25, -0.2) is 0 Å². The van der Waals surface area contributed by atoms with E-state index in [2.05, 4.69) is 15.4 Å². The standard InChI is InChI=1S/C11H13F3N2O/c12-11(13,14)17-9-3-1-2-8(6-9)10-7-15-4-5-16-10/h1-3,6,10,15-16H,4-5,7H2/t10-/m1/s1. The minimum atomic E-state index is -4.64. The molecule has 0 radical (unpaired) electrons. The maximum Gasteiger partial charge on any atom is 0.573 e. The van der Waals surface area contributed by atoms with Gasteiger partial charge in [0.2, 0.25) is 0 Å². The van der Waals surface area contributed by atoms with Crippen molar-refractivity contribution in [2.24, 2.45) is 0 Å². The van der Waals surface area contributed by atoms with Gasteiger partial charge >= 0.3 is 6.36 Å². The summed E-state index contributed by atoms with van der Waals surface area (Å²) in [7, 11) is 0. The van der Waals surface area contributed by atoms with Crippen molar-refractivity contribution in [1.29, 1.82) is 0 Å². The minimum absolute atomic E-state index is 0.0283. The molecule has 6 heteroatoms. The summed E-state index contributed by atoms with van der Waals surface area (Å²) < 4.78 is 40.1. The first-order valence-electron chi connectivity index (χ1n) is 5.34. The van der Waals surface area contributed by atoms with E-state index in [1.54, 1.807) is 12.1 Å². The van der Waals surface area contributed by atoms with Crippen molar-refractivity contribution in [3.05, 3.63) is 29.8 Å². The summed E-state index contributed by atoms with van der Waals surface area (Å²) in [6.07, 6.45) is -4.64. The molecule has 94 valence electrons. The highest BCUT2D eigenvalue weighted by molar-refractivity contribution is 5.31. The SMILES string of the molecule is FC(F)(F)Oc1cccc([C@H]2CNCCN2)c1. The summed E-state index contributed by atoms with van der Waals surface area (Å²) in [5.41, 5.74) is 0.791. The van der Waals surface area contributed by atoms with Crippen LogP contribution in [0.2, 0.25) is 0 Å². The first-order valence-corrected chi connectivity index (χ1v) is 5.34. The molecule has 1 atom stereocenters. The van der Waals surface area contributed by atoms with Gasteiger partial charge in [-0.2, -0.15) is 0 Å². The Labute approximate surface area is 97.0 Å². The quantitative estimate of drug-likeness (QED) is 0.835. The Morgan fingerprint density at radius 2 is 2.06 bits per heavy atom. The molecule has 2 rings (SSSR count). The molecular formula is C11H13F3N2O. The summed E-state index contributed by atoms with van der Waals surface area (Å²) in [4.78, 5) is 0. The number of piperazine rings is 1. The van der Waals surface area contributed by atoms with Crippen molar-refractivity contribution in [1.82, 2.24) is 10.6 Å². The number of nitrogens with one attached hydrogen (secondary N) is 2. The third kappa shape index (κ3) is 3.61. The fraction of sp³-hybridized carbons (Fsp3) is 0.455. The lowest BCUT2D eigenvalue weighted by Gasteiger charge is -2.25. The highest BCUT2D eigenvalue weighted by Gasteiger charge is 2.31. The average molecular weight is 246 g/mol. The number of hydrogen-bond acceptors (Lipinski definition) is 3. The molecule has 1 aliphatic heterocycles. The molecule has 1 saturated heterocycles. The van der Waals surface area contributed by atoms with Crippen LogP contribution in [0.5, 0.6) is 5.75 Å². The topological polar surface area (TPSA) is 33.3 Å². The molecule has 0 aliphatic carbocycles. The smallest absolute Gasteiger partial charge is 0.406 e. The second-order valence-corrected chi connectivity index (χ2v) is 3.83. The Morgan fingerprint density at radius 1 is 1.24 bits per heavy atom. The van der Waals surface area contributed by atoms with Crippen molar-refractivity contribution in [3.8, 4) is 5.75 Å². The van der Waals surface area contributed by atoms with Gasteiger partial charge < -0.3 is 15.4 Å². The van der Waals surface area contributed by atoms with E-state index in [9.17, 15) is 13.2 Å². The predicted molar refractivity (Wildman–Crippen MR) is 56.7 cm³/mol. The van der Waals surface area contributed by atoms with Crippen molar-refractivity contribution in [2.45, 2.75) is 12.4 Å². The molecule has 0 bridgehead atoms. The van der Waals surface area contributed by atoms with Crippen LogP contribution in [-0.2, 0) is 0 Å². The van der Waals surface area contributed by atoms with Crippen LogP contribution in [-0.4, -0.2) is 26.0 Å². The maximum atomic E-state index is 12.1. The Balaban J connectivity index is 2.10. The third-order valence-corrected chi connectivity index (χ3v) is 2.54. The van der Waals surface area contributed by atoms with Crippen molar-refractivity contribution in [2.75, 3.05) is 19.6 Å². The normalized spacial score (nSPS) is 21.2. The molecule has 0 aromatic heterocycles. The maximum absolute atomic E-state index is 12.1. The number of ether oxygens (including phenoxy) is 1. The summed E-state index contributed by atoms with van der Waals surface area (Å²) >= 11 is 0. The highest BCUT2D eigenvalue weighted by Crippen LogP contribution is 2.25. The zero-order valence-electron chi connectivity index (χ0n) is 9.05. The number of halogens is 3. The van der Waals surface area contributed by atoms with Gasteiger partial charge in [0.1, 0.15) is 5.75 Å². The monoisotopic (exact) mass is 246 g/mol. The molecule has 1 fully saturated rings. The molecule has 0 unspecified atom stereocenters. The first kappa shape index (κ1) is 12.2. The van der Waals surface area contributed by atoms with Crippen LogP contribution in [0.15, 0.2) is 24.3 Å². The second-order valence-electron chi connectivity index (χ2n) is 3.83.